The molecule has 3 aliphatic heterocycles. The number of carbonyl (C=O) groups excluding carboxylic acids is 2. The van der Waals surface area contributed by atoms with Gasteiger partial charge in [-0.25, -0.2) is 4.90 Å². The zero-order valence-corrected chi connectivity index (χ0v) is 15.4. The first-order valence-corrected chi connectivity index (χ1v) is 9.18. The van der Waals surface area contributed by atoms with Crippen LogP contribution in [-0.4, -0.2) is 46.6 Å². The third-order valence-electron chi connectivity index (χ3n) is 4.69. The van der Waals surface area contributed by atoms with Gasteiger partial charge in [0.2, 0.25) is 0 Å². The molecule has 0 aliphatic carbocycles. The number of nitrogens with zero attached hydrogens (tertiary/aromatic N) is 2. The fourth-order valence-electron chi connectivity index (χ4n) is 3.58. The van der Waals surface area contributed by atoms with Gasteiger partial charge >= 0.3 is 0 Å². The van der Waals surface area contributed by atoms with Gasteiger partial charge in [-0.05, 0) is 42.5 Å². The van der Waals surface area contributed by atoms with Gasteiger partial charge in [0.05, 0.1) is 27.3 Å². The van der Waals surface area contributed by atoms with Crippen LogP contribution in [-0.2, 0) is 0 Å². The van der Waals surface area contributed by atoms with Crippen LogP contribution < -0.4 is 5.32 Å². The quantitative estimate of drug-likeness (QED) is 0.582. The summed E-state index contributed by atoms with van der Waals surface area (Å²) in [5.41, 5.74) is 3.69. The minimum Gasteiger partial charge on any atom is -0.391 e. The number of hydrogen-bond acceptors (Lipinski definition) is 4. The number of alkyl halides is 1. The highest BCUT2D eigenvalue weighted by atomic mass is 79.9. The van der Waals surface area contributed by atoms with E-state index in [2.05, 4.69) is 26.1 Å². The molecular formula is C19H18BrN3O2. The number of fused-ring (bicyclic) bond motifs is 1. The van der Waals surface area contributed by atoms with Crippen LogP contribution in [0.2, 0.25) is 0 Å². The van der Waals surface area contributed by atoms with Crippen LogP contribution in [0.25, 0.3) is 0 Å². The molecule has 0 fully saturated rings. The summed E-state index contributed by atoms with van der Waals surface area (Å²) < 4.78 is 0. The van der Waals surface area contributed by atoms with Crippen molar-refractivity contribution in [2.45, 2.75) is 11.2 Å². The van der Waals surface area contributed by atoms with E-state index in [0.29, 0.717) is 16.8 Å². The lowest BCUT2D eigenvalue weighted by atomic mass is 10.0. The maximum atomic E-state index is 12.9. The normalized spacial score (nSPS) is 25.8. The lowest BCUT2D eigenvalue weighted by molar-refractivity contribution is 0.0699. The Bertz CT molecular complexity index is 821. The van der Waals surface area contributed by atoms with Crippen LogP contribution in [0.1, 0.15) is 27.1 Å². The molecule has 3 heterocycles. The summed E-state index contributed by atoms with van der Waals surface area (Å²) in [5, 5.41) is 3.18. The van der Waals surface area contributed by atoms with Crippen molar-refractivity contribution in [1.82, 2.24) is 15.1 Å². The van der Waals surface area contributed by atoms with Crippen molar-refractivity contribution >= 4 is 27.7 Å². The van der Waals surface area contributed by atoms with Gasteiger partial charge in [0.25, 0.3) is 11.8 Å². The van der Waals surface area contributed by atoms with E-state index in [4.69, 9.17) is 0 Å². The molecule has 128 valence electrons. The molecule has 0 aromatic heterocycles. The monoisotopic (exact) mass is 399 g/mol. The molecule has 1 atom stereocenters. The molecule has 1 aromatic rings. The van der Waals surface area contributed by atoms with E-state index in [0.717, 1.165) is 30.8 Å². The number of hydrogen-bond donors (Lipinski definition) is 1. The lowest BCUT2D eigenvalue weighted by Crippen LogP contribution is -2.40. The molecule has 0 radical (unpaired) electrons. The van der Waals surface area contributed by atoms with Crippen LogP contribution >= 0.6 is 15.9 Å². The van der Waals surface area contributed by atoms with Gasteiger partial charge in [0, 0.05) is 20.1 Å². The second kappa shape index (κ2) is 6.19. The first-order chi connectivity index (χ1) is 12.1. The third kappa shape index (κ3) is 2.61. The van der Waals surface area contributed by atoms with E-state index in [1.165, 1.54) is 4.90 Å². The molecule has 4 rings (SSSR count). The molecule has 0 saturated carbocycles. The molecule has 0 bridgehead atoms. The number of halogens is 1. The Balaban J connectivity index is 1.85. The van der Waals surface area contributed by atoms with E-state index >= 15 is 0 Å². The molecule has 0 saturated heterocycles. The van der Waals surface area contributed by atoms with Gasteiger partial charge in [0.1, 0.15) is 0 Å². The second-order valence-electron chi connectivity index (χ2n) is 6.35. The first-order valence-electron chi connectivity index (χ1n) is 8.26. The number of benzene rings is 1. The van der Waals surface area contributed by atoms with Crippen molar-refractivity contribution < 1.29 is 9.59 Å². The zero-order valence-electron chi connectivity index (χ0n) is 13.8. The lowest BCUT2D eigenvalue weighted by Gasteiger charge is -2.36. The molecule has 1 aromatic carbocycles. The average Bonchev–Trinajstić information content (AvgIpc) is 2.86. The van der Waals surface area contributed by atoms with Gasteiger partial charge < -0.3 is 10.2 Å². The summed E-state index contributed by atoms with van der Waals surface area (Å²) in [4.78, 5) is 29.4. The molecule has 25 heavy (non-hydrogen) atoms. The summed E-state index contributed by atoms with van der Waals surface area (Å²) in [6, 6.07) is 7.01. The summed E-state index contributed by atoms with van der Waals surface area (Å²) in [6.07, 6.45) is 6.76. The first kappa shape index (κ1) is 16.1. The van der Waals surface area contributed by atoms with Crippen LogP contribution in [0.3, 0.4) is 0 Å². The third-order valence-corrected chi connectivity index (χ3v) is 5.25. The Morgan fingerprint density at radius 1 is 1.16 bits per heavy atom. The number of rotatable bonds is 1. The Labute approximate surface area is 154 Å². The van der Waals surface area contributed by atoms with Crippen molar-refractivity contribution in [1.29, 1.82) is 0 Å². The van der Waals surface area contributed by atoms with Crippen molar-refractivity contribution in [3.63, 3.8) is 0 Å². The second-order valence-corrected chi connectivity index (χ2v) is 7.53. The van der Waals surface area contributed by atoms with Crippen molar-refractivity contribution in [3.05, 3.63) is 70.7 Å². The Morgan fingerprint density at radius 3 is 2.44 bits per heavy atom. The highest BCUT2D eigenvalue weighted by molar-refractivity contribution is 9.09. The number of imide groups is 1. The fraction of sp³-hybridized carbons (Fsp3) is 0.263. The Morgan fingerprint density at radius 2 is 1.84 bits per heavy atom. The van der Waals surface area contributed by atoms with Crippen molar-refractivity contribution in [2.75, 3.05) is 20.1 Å². The van der Waals surface area contributed by atoms with Gasteiger partial charge in [-0.3, -0.25) is 9.59 Å². The van der Waals surface area contributed by atoms with E-state index in [1.807, 2.05) is 25.4 Å². The highest BCUT2D eigenvalue weighted by Crippen LogP contribution is 2.36. The van der Waals surface area contributed by atoms with Crippen LogP contribution in [0.5, 0.6) is 0 Å². The van der Waals surface area contributed by atoms with E-state index < -0.39 is 0 Å². The standard InChI is InChI=1S/C19H18BrN3O2/c1-22-11-13(20)10-16(17(22)12-6-8-21-9-7-12)23-18(24)14-4-2-3-5-15(14)19(23)25/h2-6,8,10,13,21H,7,9,11H2,1H3. The number of allylic oxidation sites excluding steroid dienone is 1. The summed E-state index contributed by atoms with van der Waals surface area (Å²) >= 11 is 3.62. The molecule has 0 spiro atoms. The largest absolute Gasteiger partial charge is 0.391 e. The maximum Gasteiger partial charge on any atom is 0.266 e. The SMILES string of the molecule is CN1CC(Br)C=C(N2C(=O)c3ccccc3C2=O)C1=C1C=CNCC1. The Kier molecular flexibility index (Phi) is 4.00. The average molecular weight is 400 g/mol. The number of amides is 2. The van der Waals surface area contributed by atoms with Crippen LogP contribution in [0.4, 0.5) is 0 Å². The number of nitrogens with one attached hydrogen (secondary N) is 1. The predicted molar refractivity (Wildman–Crippen MR) is 99.2 cm³/mol. The number of likely N-dealkylation sites (N-methyl/N-ethyl adjacent to an activating group) is 1. The smallest absolute Gasteiger partial charge is 0.266 e. The molecule has 1 N–H and O–H groups in total. The Hall–Kier alpha value is -2.34. The van der Waals surface area contributed by atoms with Crippen molar-refractivity contribution in [2.24, 2.45) is 0 Å². The van der Waals surface area contributed by atoms with Crippen molar-refractivity contribution in [3.8, 4) is 0 Å². The van der Waals surface area contributed by atoms with E-state index in [-0.39, 0.29) is 16.6 Å². The topological polar surface area (TPSA) is 52.7 Å². The molecule has 1 unspecified atom stereocenters. The zero-order chi connectivity index (χ0) is 17.6. The fourth-order valence-corrected chi connectivity index (χ4v) is 4.26. The summed E-state index contributed by atoms with van der Waals surface area (Å²) in [6.45, 7) is 1.63. The minimum absolute atomic E-state index is 0.0758. The molecule has 2 amide bonds. The molecule has 5 nitrogen and oxygen atoms in total. The number of carbonyl (C=O) groups is 2. The van der Waals surface area contributed by atoms with Gasteiger partial charge in [-0.2, -0.15) is 0 Å². The molecule has 6 heteroatoms. The molecule has 3 aliphatic rings. The van der Waals surface area contributed by atoms with Crippen LogP contribution in [0, 0.1) is 0 Å². The highest BCUT2D eigenvalue weighted by Gasteiger charge is 2.41. The molecular weight excluding hydrogens is 382 g/mol. The maximum absolute atomic E-state index is 12.9. The van der Waals surface area contributed by atoms with Gasteiger partial charge in [0.15, 0.2) is 0 Å². The minimum atomic E-state index is -0.252. The van der Waals surface area contributed by atoms with Crippen LogP contribution in [0.15, 0.2) is 59.6 Å². The summed E-state index contributed by atoms with van der Waals surface area (Å²) in [5.74, 6) is -0.504. The van der Waals surface area contributed by atoms with Gasteiger partial charge in [-0.1, -0.05) is 28.1 Å². The predicted octanol–water partition coefficient (Wildman–Crippen LogP) is 2.64. The van der Waals surface area contributed by atoms with Gasteiger partial charge in [-0.15, -0.1) is 0 Å². The van der Waals surface area contributed by atoms with E-state index in [9.17, 15) is 9.59 Å². The van der Waals surface area contributed by atoms with E-state index in [1.54, 1.807) is 24.3 Å². The summed E-state index contributed by atoms with van der Waals surface area (Å²) in [7, 11) is 2.00.